The fraction of sp³-hybridized carbons (Fsp3) is 0.295. The summed E-state index contributed by atoms with van der Waals surface area (Å²) in [6.45, 7) is 18.9. The summed E-state index contributed by atoms with van der Waals surface area (Å²) in [5, 5.41) is 16.4. The lowest BCUT2D eigenvalue weighted by Crippen LogP contribution is -2.31. The van der Waals surface area contributed by atoms with Crippen molar-refractivity contribution in [3.63, 3.8) is 0 Å². The molecular formula is C61H69N10O2+. The highest BCUT2D eigenvalue weighted by atomic mass is 16.2. The molecular weight excluding hydrogens is 905 g/mol. The molecule has 0 fully saturated rings. The summed E-state index contributed by atoms with van der Waals surface area (Å²) in [6, 6.07) is 33.3. The zero-order chi connectivity index (χ0) is 51.9. The summed E-state index contributed by atoms with van der Waals surface area (Å²) >= 11 is 0. The lowest BCUT2D eigenvalue weighted by Gasteiger charge is -2.18. The second-order valence-corrected chi connectivity index (χ2v) is 18.6. The van der Waals surface area contributed by atoms with Crippen LogP contribution in [0.25, 0.3) is 33.2 Å². The van der Waals surface area contributed by atoms with Crippen LogP contribution in [-0.4, -0.2) is 48.7 Å². The van der Waals surface area contributed by atoms with Gasteiger partial charge in [-0.3, -0.25) is 9.59 Å². The van der Waals surface area contributed by atoms with E-state index in [-0.39, 0.29) is 11.8 Å². The number of amides is 2. The van der Waals surface area contributed by atoms with Gasteiger partial charge >= 0.3 is 0 Å². The van der Waals surface area contributed by atoms with Gasteiger partial charge in [0.2, 0.25) is 17.1 Å². The van der Waals surface area contributed by atoms with Crippen LogP contribution in [0.15, 0.2) is 125 Å². The Balaban J connectivity index is 0.756. The van der Waals surface area contributed by atoms with Crippen molar-refractivity contribution in [2.24, 2.45) is 4.99 Å². The maximum Gasteiger partial charge on any atom is 0.251 e. The third-order valence-electron chi connectivity index (χ3n) is 13.0. The Bertz CT molecular complexity index is 3250. The van der Waals surface area contributed by atoms with Crippen molar-refractivity contribution in [3.05, 3.63) is 148 Å². The maximum atomic E-state index is 12.9. The van der Waals surface area contributed by atoms with E-state index in [0.717, 1.165) is 160 Å². The SMILES string of the molecule is C=C1C=C(NCCCCCCNC(=O)c2ccc(-c3ccc(C(=O)NCCCCCCNc4cc5c(cc4C)nc4cc(C)c(N)cc4[n+]5C#CC)cc3)cc2)C(C)=C/C1=N/c1cc(C)c(N)cc1NC#CC. The number of aliphatic imine (C=N–C) groups is 1. The van der Waals surface area contributed by atoms with E-state index in [1.165, 1.54) is 0 Å². The molecule has 1 aliphatic rings. The number of allylic oxidation sites excluding steroid dienone is 4. The van der Waals surface area contributed by atoms with Crippen LogP contribution in [0.5, 0.6) is 0 Å². The second kappa shape index (κ2) is 25.2. The number of aryl methyl sites for hydroxylation is 3. The number of nitrogens with one attached hydrogen (secondary N) is 5. The predicted molar refractivity (Wildman–Crippen MR) is 303 cm³/mol. The summed E-state index contributed by atoms with van der Waals surface area (Å²) in [4.78, 5) is 35.7. The summed E-state index contributed by atoms with van der Waals surface area (Å²) in [5.74, 6) is 5.73. The van der Waals surface area contributed by atoms with Crippen molar-refractivity contribution in [3.8, 4) is 35.1 Å². The van der Waals surface area contributed by atoms with Crippen LogP contribution >= 0.6 is 0 Å². The van der Waals surface area contributed by atoms with Gasteiger partial charge in [-0.15, -0.1) is 0 Å². The molecule has 0 unspecified atom stereocenters. The number of nitrogens with two attached hydrogens (primary N) is 2. The average Bonchev–Trinajstić information content (AvgIpc) is 3.38. The predicted octanol–water partition coefficient (Wildman–Crippen LogP) is 11.1. The van der Waals surface area contributed by atoms with Crippen LogP contribution in [-0.2, 0) is 0 Å². The molecule has 0 saturated heterocycles. The number of hydrogen-bond acceptors (Lipinski definition) is 9. The number of nitrogen functional groups attached to an aromatic ring is 2. The van der Waals surface area contributed by atoms with Crippen LogP contribution in [0, 0.1) is 44.7 Å². The summed E-state index contributed by atoms with van der Waals surface area (Å²) in [6.07, 6.45) is 12.1. The Morgan fingerprint density at radius 2 is 1.15 bits per heavy atom. The lowest BCUT2D eigenvalue weighted by atomic mass is 9.99. The molecule has 0 saturated carbocycles. The first kappa shape index (κ1) is 52.5. The molecule has 0 spiro atoms. The number of carbonyl (C=O) groups excluding carboxylic acids is 2. The zero-order valence-electron chi connectivity index (χ0n) is 43.2. The van der Waals surface area contributed by atoms with Crippen molar-refractivity contribution >= 4 is 68.0 Å². The van der Waals surface area contributed by atoms with Gasteiger partial charge in [-0.25, -0.2) is 9.98 Å². The number of nitrogens with zero attached hydrogens (tertiary/aromatic N) is 3. The molecule has 0 atom stereocenters. The molecule has 1 heterocycles. The largest absolute Gasteiger partial charge is 0.398 e. The van der Waals surface area contributed by atoms with Gasteiger partial charge in [0.05, 0.1) is 17.1 Å². The monoisotopic (exact) mass is 974 g/mol. The highest BCUT2D eigenvalue weighted by Crippen LogP contribution is 2.32. The molecule has 374 valence electrons. The molecule has 0 bridgehead atoms. The molecule has 1 aromatic heterocycles. The molecule has 9 N–H and O–H groups in total. The summed E-state index contributed by atoms with van der Waals surface area (Å²) in [5.41, 5.74) is 30.0. The van der Waals surface area contributed by atoms with Crippen LogP contribution in [0.4, 0.5) is 28.4 Å². The molecule has 7 rings (SSSR count). The van der Waals surface area contributed by atoms with E-state index in [9.17, 15) is 9.59 Å². The minimum absolute atomic E-state index is 0.0806. The number of hydrogen-bond donors (Lipinski definition) is 7. The van der Waals surface area contributed by atoms with E-state index in [0.29, 0.717) is 29.9 Å². The van der Waals surface area contributed by atoms with E-state index < -0.39 is 0 Å². The number of benzene rings is 5. The maximum absolute atomic E-state index is 12.9. The first-order valence-corrected chi connectivity index (χ1v) is 25.3. The quantitative estimate of drug-likeness (QED) is 0.00931. The van der Waals surface area contributed by atoms with Gasteiger partial charge in [0.25, 0.3) is 11.8 Å². The number of anilines is 4. The number of rotatable bonds is 21. The Hall–Kier alpha value is -8.35. The zero-order valence-corrected chi connectivity index (χ0v) is 43.2. The second-order valence-electron chi connectivity index (χ2n) is 18.6. The highest BCUT2D eigenvalue weighted by Gasteiger charge is 2.20. The van der Waals surface area contributed by atoms with Crippen LogP contribution < -0.4 is 42.6 Å². The van der Waals surface area contributed by atoms with Crippen molar-refractivity contribution in [2.45, 2.75) is 92.9 Å². The standard InChI is InChI=1S/C61H68N10O2/c1-8-26-64-54-37-49(62)40(3)32-55(54)69-53-35-42(5)51(34-44(53)7)65-27-14-10-12-16-29-67-60(72)47-22-18-45(19-23-47)46-20-24-48(25-21-46)61(73)68-30-17-13-11-15-28-66-52-39-59-57(36-43(52)6)70-56-33-41(4)50(63)38-58(56)71(59)31-9-2/h18-25,32-39,64-65H,7,10-17,27-30,62H2,1-6H3,(H4,63,66,67,68,72,73)/p+1/b69-53-. The van der Waals surface area contributed by atoms with Gasteiger partial charge in [0.1, 0.15) is 11.0 Å². The fourth-order valence-electron chi connectivity index (χ4n) is 8.68. The highest BCUT2D eigenvalue weighted by molar-refractivity contribution is 6.13. The van der Waals surface area contributed by atoms with Crippen LogP contribution in [0.1, 0.15) is 110 Å². The molecule has 2 amide bonds. The lowest BCUT2D eigenvalue weighted by molar-refractivity contribution is -0.525. The van der Waals surface area contributed by atoms with Gasteiger partial charge in [-0.1, -0.05) is 67.0 Å². The summed E-state index contributed by atoms with van der Waals surface area (Å²) in [7, 11) is 0. The van der Waals surface area contributed by atoms with Crippen molar-refractivity contribution in [2.75, 3.05) is 48.3 Å². The smallest absolute Gasteiger partial charge is 0.251 e. The summed E-state index contributed by atoms with van der Waals surface area (Å²) < 4.78 is 1.98. The van der Waals surface area contributed by atoms with Gasteiger partial charge in [-0.05, 0) is 166 Å². The van der Waals surface area contributed by atoms with Crippen LogP contribution in [0.3, 0.4) is 0 Å². The minimum Gasteiger partial charge on any atom is -0.398 e. The molecule has 5 aromatic carbocycles. The minimum atomic E-state index is -0.0821. The third-order valence-corrected chi connectivity index (χ3v) is 13.0. The number of fused-ring (bicyclic) bond motifs is 2. The number of aromatic nitrogens is 2. The van der Waals surface area contributed by atoms with Gasteiger partial charge in [0.15, 0.2) is 0 Å². The van der Waals surface area contributed by atoms with Gasteiger partial charge in [-0.2, -0.15) is 0 Å². The van der Waals surface area contributed by atoms with Crippen molar-refractivity contribution in [1.29, 1.82) is 0 Å². The van der Waals surface area contributed by atoms with E-state index >= 15 is 0 Å². The normalized spacial score (nSPS) is 12.6. The molecule has 0 aliphatic heterocycles. The number of carbonyl (C=O) groups is 2. The first-order chi connectivity index (χ1) is 35.3. The number of unbranched alkanes of at least 4 members (excludes halogenated alkanes) is 6. The van der Waals surface area contributed by atoms with Crippen molar-refractivity contribution in [1.82, 2.24) is 20.9 Å². The Morgan fingerprint density at radius 1 is 0.616 bits per heavy atom. The van der Waals surface area contributed by atoms with Crippen molar-refractivity contribution < 1.29 is 14.2 Å². The third kappa shape index (κ3) is 13.7. The molecule has 12 nitrogen and oxygen atoms in total. The first-order valence-electron chi connectivity index (χ1n) is 25.3. The Kier molecular flexibility index (Phi) is 18.1. The van der Waals surface area contributed by atoms with Crippen LogP contribution in [0.2, 0.25) is 0 Å². The van der Waals surface area contributed by atoms with Gasteiger partial charge in [0, 0.05) is 85.2 Å². The average molecular weight is 974 g/mol. The molecule has 1 aliphatic carbocycles. The topological polar surface area (TPSA) is 175 Å². The Labute approximate surface area is 430 Å². The van der Waals surface area contributed by atoms with E-state index in [2.05, 4.69) is 89.1 Å². The molecule has 0 radical (unpaired) electrons. The molecule has 12 heteroatoms. The van der Waals surface area contributed by atoms with E-state index in [1.54, 1.807) is 6.92 Å². The van der Waals surface area contributed by atoms with E-state index in [4.69, 9.17) is 21.4 Å². The Morgan fingerprint density at radius 3 is 1.74 bits per heavy atom. The molecule has 73 heavy (non-hydrogen) atoms. The van der Waals surface area contributed by atoms with E-state index in [1.807, 2.05) is 104 Å². The fourth-order valence-corrected chi connectivity index (χ4v) is 8.68. The molecule has 6 aromatic rings. The van der Waals surface area contributed by atoms with Gasteiger partial charge < -0.3 is 38.1 Å².